The second-order valence-electron chi connectivity index (χ2n) is 7.58. The van der Waals surface area contributed by atoms with Crippen molar-refractivity contribution in [3.05, 3.63) is 0 Å². The minimum absolute atomic E-state index is 0.0204. The van der Waals surface area contributed by atoms with Crippen molar-refractivity contribution in [3.8, 4) is 0 Å². The maximum Gasteiger partial charge on any atom is 0.0670 e. The van der Waals surface area contributed by atoms with E-state index < -0.39 is 0 Å². The van der Waals surface area contributed by atoms with E-state index >= 15 is 0 Å². The molecule has 2 unspecified atom stereocenters. The Morgan fingerprint density at radius 1 is 1.30 bits per heavy atom. The summed E-state index contributed by atoms with van der Waals surface area (Å²) in [7, 11) is 0. The summed E-state index contributed by atoms with van der Waals surface area (Å²) in [4.78, 5) is 2.70. The normalized spacial score (nSPS) is 37.5. The highest BCUT2D eigenvalue weighted by Crippen LogP contribution is 2.40. The van der Waals surface area contributed by atoms with Crippen LogP contribution in [0.4, 0.5) is 0 Å². The molecule has 2 N–H and O–H groups in total. The highest BCUT2D eigenvalue weighted by Gasteiger charge is 2.46. The predicted octanol–water partition coefficient (Wildman–Crippen LogP) is 3.03. The van der Waals surface area contributed by atoms with E-state index in [-0.39, 0.29) is 11.1 Å². The molecule has 118 valence electrons. The molecular weight excluding hydrogens is 248 g/mol. The minimum atomic E-state index is 0.0204. The molecule has 2 heterocycles. The fourth-order valence-corrected chi connectivity index (χ4v) is 4.16. The zero-order valence-corrected chi connectivity index (χ0v) is 14.0. The first-order valence-electron chi connectivity index (χ1n) is 8.54. The summed E-state index contributed by atoms with van der Waals surface area (Å²) in [6, 6.07) is 0. The lowest BCUT2D eigenvalue weighted by atomic mass is 9.76. The average molecular weight is 282 g/mol. The van der Waals surface area contributed by atoms with Gasteiger partial charge < -0.3 is 10.5 Å². The molecule has 0 spiro atoms. The second-order valence-corrected chi connectivity index (χ2v) is 7.58. The molecule has 0 amide bonds. The monoisotopic (exact) mass is 282 g/mol. The summed E-state index contributed by atoms with van der Waals surface area (Å²) in [6.07, 6.45) is 5.95. The standard InChI is InChI=1S/C17H34N2O/c1-5-16(4)12-17(13-18,8-11-20-16)19-9-6-15(7-10-19)14(2)3/h14-15H,5-13,18H2,1-4H3. The Hall–Kier alpha value is -0.120. The number of piperidine rings is 1. The number of nitrogens with zero attached hydrogens (tertiary/aromatic N) is 1. The van der Waals surface area contributed by atoms with Gasteiger partial charge in [-0.25, -0.2) is 0 Å². The van der Waals surface area contributed by atoms with E-state index in [1.54, 1.807) is 0 Å². The Morgan fingerprint density at radius 3 is 2.45 bits per heavy atom. The van der Waals surface area contributed by atoms with E-state index in [0.29, 0.717) is 0 Å². The number of rotatable bonds is 4. The molecule has 2 aliphatic rings. The zero-order valence-electron chi connectivity index (χ0n) is 14.0. The van der Waals surface area contributed by atoms with Crippen LogP contribution in [0.1, 0.15) is 59.8 Å². The SMILES string of the molecule is CCC1(C)CC(CN)(N2CCC(C(C)C)CC2)CCO1. The van der Waals surface area contributed by atoms with E-state index in [4.69, 9.17) is 10.5 Å². The second kappa shape index (κ2) is 6.33. The Labute approximate surface area is 125 Å². The molecule has 3 nitrogen and oxygen atoms in total. The lowest BCUT2D eigenvalue weighted by molar-refractivity contribution is -0.134. The molecule has 2 saturated heterocycles. The first kappa shape index (κ1) is 16.3. The highest BCUT2D eigenvalue weighted by molar-refractivity contribution is 5.01. The molecular formula is C17H34N2O. The number of ether oxygens (including phenoxy) is 1. The van der Waals surface area contributed by atoms with Crippen molar-refractivity contribution >= 4 is 0 Å². The summed E-state index contributed by atoms with van der Waals surface area (Å²) >= 11 is 0. The van der Waals surface area contributed by atoms with Gasteiger partial charge in [0.25, 0.3) is 0 Å². The van der Waals surface area contributed by atoms with Crippen molar-refractivity contribution in [2.75, 3.05) is 26.2 Å². The zero-order chi connectivity index (χ0) is 14.8. The average Bonchev–Trinajstić information content (AvgIpc) is 2.47. The predicted molar refractivity (Wildman–Crippen MR) is 84.8 cm³/mol. The van der Waals surface area contributed by atoms with Crippen LogP contribution in [0, 0.1) is 11.8 Å². The van der Waals surface area contributed by atoms with Crippen LogP contribution in [0.3, 0.4) is 0 Å². The fraction of sp³-hybridized carbons (Fsp3) is 1.00. The van der Waals surface area contributed by atoms with Gasteiger partial charge in [0.2, 0.25) is 0 Å². The first-order chi connectivity index (χ1) is 9.45. The van der Waals surface area contributed by atoms with Crippen molar-refractivity contribution in [1.82, 2.24) is 4.90 Å². The van der Waals surface area contributed by atoms with Gasteiger partial charge in [-0.1, -0.05) is 20.8 Å². The maximum atomic E-state index is 6.24. The molecule has 0 saturated carbocycles. The van der Waals surface area contributed by atoms with Gasteiger partial charge in [0.15, 0.2) is 0 Å². The van der Waals surface area contributed by atoms with Crippen LogP contribution in [0.15, 0.2) is 0 Å². The number of hydrogen-bond acceptors (Lipinski definition) is 3. The number of likely N-dealkylation sites (tertiary alicyclic amines) is 1. The van der Waals surface area contributed by atoms with Crippen LogP contribution in [0.25, 0.3) is 0 Å². The third-order valence-corrected chi connectivity index (χ3v) is 6.00. The third kappa shape index (κ3) is 3.20. The summed E-state index contributed by atoms with van der Waals surface area (Å²) in [6.45, 7) is 13.3. The van der Waals surface area contributed by atoms with Crippen molar-refractivity contribution in [2.45, 2.75) is 70.9 Å². The van der Waals surface area contributed by atoms with Crippen molar-refractivity contribution in [2.24, 2.45) is 17.6 Å². The maximum absolute atomic E-state index is 6.24. The van der Waals surface area contributed by atoms with Gasteiger partial charge in [-0.3, -0.25) is 4.90 Å². The van der Waals surface area contributed by atoms with Crippen molar-refractivity contribution in [1.29, 1.82) is 0 Å². The first-order valence-corrected chi connectivity index (χ1v) is 8.54. The van der Waals surface area contributed by atoms with Crippen LogP contribution >= 0.6 is 0 Å². The molecule has 2 rings (SSSR count). The Kier molecular flexibility index (Phi) is 5.14. The Bertz CT molecular complexity index is 312. The van der Waals surface area contributed by atoms with Crippen molar-refractivity contribution in [3.63, 3.8) is 0 Å². The third-order valence-electron chi connectivity index (χ3n) is 6.00. The Morgan fingerprint density at radius 2 is 1.95 bits per heavy atom. The van der Waals surface area contributed by atoms with Gasteiger partial charge >= 0.3 is 0 Å². The molecule has 2 aliphatic heterocycles. The van der Waals surface area contributed by atoms with Gasteiger partial charge in [0.05, 0.1) is 5.60 Å². The van der Waals surface area contributed by atoms with Gasteiger partial charge in [-0.15, -0.1) is 0 Å². The molecule has 0 aromatic carbocycles. The van der Waals surface area contributed by atoms with Crippen LogP contribution in [-0.4, -0.2) is 42.3 Å². The van der Waals surface area contributed by atoms with Gasteiger partial charge in [-0.2, -0.15) is 0 Å². The summed E-state index contributed by atoms with van der Waals surface area (Å²) in [5.74, 6) is 1.72. The number of hydrogen-bond donors (Lipinski definition) is 1. The lowest BCUT2D eigenvalue weighted by Gasteiger charge is -2.53. The van der Waals surface area contributed by atoms with Crippen LogP contribution < -0.4 is 5.73 Å². The minimum Gasteiger partial charge on any atom is -0.375 e. The fourth-order valence-electron chi connectivity index (χ4n) is 4.16. The smallest absolute Gasteiger partial charge is 0.0670 e. The van der Waals surface area contributed by atoms with Gasteiger partial charge in [-0.05, 0) is 64.0 Å². The van der Waals surface area contributed by atoms with Crippen LogP contribution in [-0.2, 0) is 4.74 Å². The largest absolute Gasteiger partial charge is 0.375 e. The molecule has 2 fully saturated rings. The number of nitrogens with two attached hydrogens (primary N) is 1. The van der Waals surface area contributed by atoms with E-state index in [1.807, 2.05) is 0 Å². The van der Waals surface area contributed by atoms with E-state index in [9.17, 15) is 0 Å². The summed E-state index contributed by atoms with van der Waals surface area (Å²) in [5, 5.41) is 0. The molecule has 0 aromatic heterocycles. The quantitative estimate of drug-likeness (QED) is 0.861. The lowest BCUT2D eigenvalue weighted by Crippen LogP contribution is -2.62. The Balaban J connectivity index is 2.04. The van der Waals surface area contributed by atoms with E-state index in [1.165, 1.54) is 25.9 Å². The van der Waals surface area contributed by atoms with Crippen LogP contribution in [0.2, 0.25) is 0 Å². The molecule has 20 heavy (non-hydrogen) atoms. The van der Waals surface area contributed by atoms with Crippen LogP contribution in [0.5, 0.6) is 0 Å². The molecule has 0 radical (unpaired) electrons. The molecule has 0 aromatic rings. The molecule has 0 aliphatic carbocycles. The molecule has 2 atom stereocenters. The molecule has 3 heteroatoms. The van der Waals surface area contributed by atoms with Gasteiger partial charge in [0.1, 0.15) is 0 Å². The summed E-state index contributed by atoms with van der Waals surface area (Å²) < 4.78 is 6.04. The van der Waals surface area contributed by atoms with Gasteiger partial charge in [0, 0.05) is 18.7 Å². The van der Waals surface area contributed by atoms with E-state index in [2.05, 4.69) is 32.6 Å². The van der Waals surface area contributed by atoms with E-state index in [0.717, 1.165) is 44.2 Å². The molecule has 0 bridgehead atoms. The topological polar surface area (TPSA) is 38.5 Å². The highest BCUT2D eigenvalue weighted by atomic mass is 16.5. The summed E-state index contributed by atoms with van der Waals surface area (Å²) in [5.41, 5.74) is 6.45. The van der Waals surface area contributed by atoms with Crippen molar-refractivity contribution < 1.29 is 4.74 Å².